The summed E-state index contributed by atoms with van der Waals surface area (Å²) in [6.45, 7) is 5.21. The second kappa shape index (κ2) is 7.69. The molecule has 2 heterocycles. The Kier molecular flexibility index (Phi) is 4.91. The van der Waals surface area contributed by atoms with Gasteiger partial charge in [0.25, 0.3) is 11.8 Å². The minimum Gasteiger partial charge on any atom is -0.457 e. The van der Waals surface area contributed by atoms with Gasteiger partial charge >= 0.3 is 0 Å². The molecular formula is C25H18N2O3. The summed E-state index contributed by atoms with van der Waals surface area (Å²) >= 11 is 0. The van der Waals surface area contributed by atoms with E-state index in [4.69, 9.17) is 4.42 Å². The van der Waals surface area contributed by atoms with Crippen LogP contribution in [0.15, 0.2) is 88.4 Å². The van der Waals surface area contributed by atoms with Crippen LogP contribution in [0.1, 0.15) is 12.7 Å². The van der Waals surface area contributed by atoms with Gasteiger partial charge < -0.3 is 4.42 Å². The van der Waals surface area contributed by atoms with Gasteiger partial charge in [0.1, 0.15) is 23.2 Å². The Morgan fingerprint density at radius 3 is 2.60 bits per heavy atom. The van der Waals surface area contributed by atoms with Gasteiger partial charge in [-0.3, -0.25) is 14.5 Å². The molecule has 30 heavy (non-hydrogen) atoms. The molecule has 0 bridgehead atoms. The Labute approximate surface area is 173 Å². The van der Waals surface area contributed by atoms with E-state index in [0.717, 1.165) is 21.2 Å². The van der Waals surface area contributed by atoms with Crippen molar-refractivity contribution in [1.82, 2.24) is 4.90 Å². The number of amides is 2. The average Bonchev–Trinajstić information content (AvgIpc) is 3.23. The van der Waals surface area contributed by atoms with Crippen molar-refractivity contribution in [2.45, 2.75) is 6.92 Å². The number of hydrogen-bond acceptors (Lipinski definition) is 4. The fourth-order valence-electron chi connectivity index (χ4n) is 3.58. The smallest absolute Gasteiger partial charge is 0.271 e. The van der Waals surface area contributed by atoms with Gasteiger partial charge in [0.2, 0.25) is 0 Å². The van der Waals surface area contributed by atoms with Crippen LogP contribution in [0.4, 0.5) is 0 Å². The number of nitriles is 1. The highest BCUT2D eigenvalue weighted by Gasteiger charge is 2.34. The zero-order chi connectivity index (χ0) is 21.3. The van der Waals surface area contributed by atoms with Crippen molar-refractivity contribution >= 4 is 28.7 Å². The predicted molar refractivity (Wildman–Crippen MR) is 115 cm³/mol. The normalized spacial score (nSPS) is 15.7. The number of imide groups is 1. The first-order valence-corrected chi connectivity index (χ1v) is 9.43. The van der Waals surface area contributed by atoms with E-state index in [-0.39, 0.29) is 17.7 Å². The Morgan fingerprint density at radius 2 is 1.83 bits per heavy atom. The molecule has 0 atom stereocenters. The zero-order valence-corrected chi connectivity index (χ0v) is 16.4. The molecule has 0 radical (unpaired) electrons. The maximum Gasteiger partial charge on any atom is 0.271 e. The van der Waals surface area contributed by atoms with Crippen LogP contribution in [0, 0.1) is 11.3 Å². The fraction of sp³-hybridized carbons (Fsp3) is 0.0800. The first kappa shape index (κ1) is 19.2. The maximum atomic E-state index is 12.9. The molecule has 2 aromatic carbocycles. The number of benzene rings is 2. The molecule has 1 aliphatic heterocycles. The second-order valence-corrected chi connectivity index (χ2v) is 6.91. The summed E-state index contributed by atoms with van der Waals surface area (Å²) in [5.41, 5.74) is 1.49. The second-order valence-electron chi connectivity index (χ2n) is 6.91. The molecule has 0 aliphatic carbocycles. The molecule has 0 unspecified atom stereocenters. The molecule has 0 fully saturated rings. The number of carbonyl (C=O) groups is 2. The lowest BCUT2D eigenvalue weighted by Gasteiger charge is -2.26. The van der Waals surface area contributed by atoms with Crippen molar-refractivity contribution < 1.29 is 14.0 Å². The van der Waals surface area contributed by atoms with Crippen LogP contribution in [0.5, 0.6) is 0 Å². The summed E-state index contributed by atoms with van der Waals surface area (Å²) in [7, 11) is 0. The Morgan fingerprint density at radius 1 is 1.07 bits per heavy atom. The Balaban J connectivity index is 1.79. The van der Waals surface area contributed by atoms with Crippen LogP contribution in [0.3, 0.4) is 0 Å². The van der Waals surface area contributed by atoms with E-state index in [9.17, 15) is 14.9 Å². The van der Waals surface area contributed by atoms with E-state index in [1.165, 1.54) is 6.08 Å². The molecule has 4 rings (SSSR count). The highest BCUT2D eigenvalue weighted by atomic mass is 16.3. The van der Waals surface area contributed by atoms with Crippen molar-refractivity contribution in [2.24, 2.45) is 0 Å². The minimum atomic E-state index is -0.604. The molecule has 5 nitrogen and oxygen atoms in total. The van der Waals surface area contributed by atoms with E-state index in [2.05, 4.69) is 6.58 Å². The Bertz CT molecular complexity index is 1300. The maximum absolute atomic E-state index is 12.9. The van der Waals surface area contributed by atoms with E-state index in [1.807, 2.05) is 54.6 Å². The van der Waals surface area contributed by atoms with Crippen LogP contribution >= 0.6 is 0 Å². The van der Waals surface area contributed by atoms with Gasteiger partial charge in [-0.1, -0.05) is 48.5 Å². The summed E-state index contributed by atoms with van der Waals surface area (Å²) in [5, 5.41) is 11.6. The number of fused-ring (bicyclic) bond motifs is 1. The molecule has 0 spiro atoms. The van der Waals surface area contributed by atoms with E-state index < -0.39 is 11.8 Å². The third kappa shape index (κ3) is 3.15. The van der Waals surface area contributed by atoms with Crippen molar-refractivity contribution in [3.05, 3.63) is 89.7 Å². The van der Waals surface area contributed by atoms with Crippen molar-refractivity contribution in [3.63, 3.8) is 0 Å². The zero-order valence-electron chi connectivity index (χ0n) is 16.4. The van der Waals surface area contributed by atoms with Gasteiger partial charge in [-0.05, 0) is 41.5 Å². The van der Waals surface area contributed by atoms with Gasteiger partial charge in [0, 0.05) is 17.7 Å². The lowest BCUT2D eigenvalue weighted by atomic mass is 9.94. The summed E-state index contributed by atoms with van der Waals surface area (Å²) < 4.78 is 6.01. The van der Waals surface area contributed by atoms with Crippen molar-refractivity contribution in [3.8, 4) is 17.4 Å². The monoisotopic (exact) mass is 394 g/mol. The molecular weight excluding hydrogens is 376 g/mol. The minimum absolute atomic E-state index is 0.0346. The summed E-state index contributed by atoms with van der Waals surface area (Å²) in [4.78, 5) is 26.3. The molecule has 0 saturated carbocycles. The van der Waals surface area contributed by atoms with Gasteiger partial charge in [0.05, 0.1) is 0 Å². The molecule has 1 aromatic heterocycles. The van der Waals surface area contributed by atoms with Gasteiger partial charge in [-0.2, -0.15) is 5.26 Å². The van der Waals surface area contributed by atoms with Gasteiger partial charge in [-0.15, -0.1) is 6.58 Å². The van der Waals surface area contributed by atoms with Crippen LogP contribution in [0.25, 0.3) is 28.2 Å². The number of rotatable bonds is 4. The van der Waals surface area contributed by atoms with Gasteiger partial charge in [-0.25, -0.2) is 0 Å². The van der Waals surface area contributed by atoms with Crippen molar-refractivity contribution in [2.75, 3.05) is 6.54 Å². The van der Waals surface area contributed by atoms with Crippen molar-refractivity contribution in [1.29, 1.82) is 5.26 Å². The third-order valence-electron chi connectivity index (χ3n) is 5.11. The number of nitrogens with zero attached hydrogens (tertiary/aromatic N) is 2. The van der Waals surface area contributed by atoms with Crippen LogP contribution in [0.2, 0.25) is 0 Å². The lowest BCUT2D eigenvalue weighted by Crippen LogP contribution is -2.42. The van der Waals surface area contributed by atoms with Crippen LogP contribution in [-0.4, -0.2) is 23.3 Å². The fourth-order valence-corrected chi connectivity index (χ4v) is 3.58. The molecule has 0 saturated heterocycles. The van der Waals surface area contributed by atoms with Crippen LogP contribution < -0.4 is 0 Å². The third-order valence-corrected chi connectivity index (χ3v) is 5.11. The van der Waals surface area contributed by atoms with Crippen LogP contribution in [-0.2, 0) is 9.59 Å². The Hall–Kier alpha value is -4.17. The largest absolute Gasteiger partial charge is 0.457 e. The van der Waals surface area contributed by atoms with E-state index in [0.29, 0.717) is 17.1 Å². The standard InChI is InChI=1S/C25H18N2O3/c1-3-13-27-24(28)21(16(2)22(15-26)25(27)29)14-18-11-12-23(30-18)20-10-6-8-17-7-4-5-9-19(17)20/h3-12,14H,1,13H2,2H3/b21-14+. The van der Waals surface area contributed by atoms with Gasteiger partial charge in [0.15, 0.2) is 0 Å². The average molecular weight is 394 g/mol. The van der Waals surface area contributed by atoms with E-state index in [1.54, 1.807) is 19.1 Å². The summed E-state index contributed by atoms with van der Waals surface area (Å²) in [6.07, 6.45) is 3.03. The molecule has 3 aromatic rings. The molecule has 0 N–H and O–H groups in total. The summed E-state index contributed by atoms with van der Waals surface area (Å²) in [6, 6.07) is 19.5. The number of carbonyl (C=O) groups excluding carboxylic acids is 2. The number of furan rings is 1. The highest BCUT2D eigenvalue weighted by Crippen LogP contribution is 2.32. The van der Waals surface area contributed by atoms with E-state index >= 15 is 0 Å². The quantitative estimate of drug-likeness (QED) is 0.359. The summed E-state index contributed by atoms with van der Waals surface area (Å²) in [5.74, 6) is 0.0568. The topological polar surface area (TPSA) is 74.3 Å². The molecule has 2 amide bonds. The predicted octanol–water partition coefficient (Wildman–Crippen LogP) is 4.88. The molecule has 146 valence electrons. The number of hydrogen-bond donors (Lipinski definition) is 0. The molecule has 1 aliphatic rings. The highest BCUT2D eigenvalue weighted by molar-refractivity contribution is 6.19. The SMILES string of the molecule is C=CCN1C(=O)C(C#N)=C(C)/C(=C\c2ccc(-c3cccc4ccccc34)o2)C1=O. The lowest BCUT2D eigenvalue weighted by molar-refractivity contribution is -0.139. The molecule has 5 heteroatoms. The first-order valence-electron chi connectivity index (χ1n) is 9.43. The first-order chi connectivity index (χ1) is 14.5.